The minimum absolute atomic E-state index is 0.00206. The average Bonchev–Trinajstić information content (AvgIpc) is 2.35. The van der Waals surface area contributed by atoms with Crippen LogP contribution in [-0.4, -0.2) is 23.5 Å². The third-order valence-corrected chi connectivity index (χ3v) is 3.19. The molecule has 1 atom stereocenters. The number of halogens is 1. The van der Waals surface area contributed by atoms with E-state index in [9.17, 15) is 9.59 Å². The SMILES string of the molecule is CC(C)CC(CN)C(=O)Nc1ccc(C(=O)O)c(Cl)c1. The molecule has 20 heavy (non-hydrogen) atoms. The molecule has 0 aliphatic heterocycles. The van der Waals surface area contributed by atoms with Crippen molar-refractivity contribution in [2.75, 3.05) is 11.9 Å². The number of benzene rings is 1. The Morgan fingerprint density at radius 3 is 2.50 bits per heavy atom. The first-order chi connectivity index (χ1) is 9.35. The minimum Gasteiger partial charge on any atom is -0.478 e. The Balaban J connectivity index is 2.80. The van der Waals surface area contributed by atoms with E-state index in [4.69, 9.17) is 22.4 Å². The highest BCUT2D eigenvalue weighted by atomic mass is 35.5. The lowest BCUT2D eigenvalue weighted by Crippen LogP contribution is -2.30. The summed E-state index contributed by atoms with van der Waals surface area (Å²) in [6, 6.07) is 4.29. The number of nitrogens with two attached hydrogens (primary N) is 1. The molecule has 6 heteroatoms. The van der Waals surface area contributed by atoms with E-state index in [-0.39, 0.29) is 29.0 Å². The highest BCUT2D eigenvalue weighted by Gasteiger charge is 2.19. The van der Waals surface area contributed by atoms with Crippen LogP contribution < -0.4 is 11.1 Å². The highest BCUT2D eigenvalue weighted by molar-refractivity contribution is 6.33. The molecule has 1 aromatic rings. The molecule has 0 bridgehead atoms. The van der Waals surface area contributed by atoms with Crippen LogP contribution in [-0.2, 0) is 4.79 Å². The van der Waals surface area contributed by atoms with Gasteiger partial charge in [0.15, 0.2) is 0 Å². The number of carbonyl (C=O) groups is 2. The Kier molecular flexibility index (Phi) is 5.98. The third-order valence-electron chi connectivity index (χ3n) is 2.88. The van der Waals surface area contributed by atoms with Crippen LogP contribution in [0.3, 0.4) is 0 Å². The van der Waals surface area contributed by atoms with Crippen LogP contribution in [0.25, 0.3) is 0 Å². The summed E-state index contributed by atoms with van der Waals surface area (Å²) in [4.78, 5) is 22.9. The zero-order valence-corrected chi connectivity index (χ0v) is 12.3. The van der Waals surface area contributed by atoms with E-state index in [2.05, 4.69) is 5.32 Å². The maximum absolute atomic E-state index is 12.1. The first-order valence-corrected chi connectivity index (χ1v) is 6.76. The van der Waals surface area contributed by atoms with Gasteiger partial charge in [-0.25, -0.2) is 4.79 Å². The summed E-state index contributed by atoms with van der Waals surface area (Å²) < 4.78 is 0. The van der Waals surface area contributed by atoms with E-state index < -0.39 is 5.97 Å². The quantitative estimate of drug-likeness (QED) is 0.752. The van der Waals surface area contributed by atoms with Crippen molar-refractivity contribution in [3.05, 3.63) is 28.8 Å². The predicted molar refractivity (Wildman–Crippen MR) is 79.0 cm³/mol. The first kappa shape index (κ1) is 16.5. The Bertz CT molecular complexity index is 503. The predicted octanol–water partition coefficient (Wildman–Crippen LogP) is 2.60. The fourth-order valence-corrected chi connectivity index (χ4v) is 2.15. The van der Waals surface area contributed by atoms with Crippen LogP contribution in [0.4, 0.5) is 5.69 Å². The van der Waals surface area contributed by atoms with Gasteiger partial charge in [-0.3, -0.25) is 4.79 Å². The van der Waals surface area contributed by atoms with Gasteiger partial charge >= 0.3 is 5.97 Å². The number of rotatable bonds is 6. The molecule has 0 spiro atoms. The maximum Gasteiger partial charge on any atom is 0.337 e. The fraction of sp³-hybridized carbons (Fsp3) is 0.429. The number of amides is 1. The molecule has 0 fully saturated rings. The number of carboxylic acid groups (broad SMARTS) is 1. The van der Waals surface area contributed by atoms with Crippen molar-refractivity contribution < 1.29 is 14.7 Å². The smallest absolute Gasteiger partial charge is 0.337 e. The van der Waals surface area contributed by atoms with Crippen molar-refractivity contribution in [1.29, 1.82) is 0 Å². The van der Waals surface area contributed by atoms with E-state index in [1.807, 2.05) is 13.8 Å². The number of carbonyl (C=O) groups excluding carboxylic acids is 1. The summed E-state index contributed by atoms with van der Waals surface area (Å²) in [5.74, 6) is -1.19. The molecular formula is C14H19ClN2O3. The van der Waals surface area contributed by atoms with Gasteiger partial charge in [-0.1, -0.05) is 25.4 Å². The molecule has 0 saturated heterocycles. The Labute approximate surface area is 123 Å². The number of nitrogens with one attached hydrogen (secondary N) is 1. The van der Waals surface area contributed by atoms with Crippen molar-refractivity contribution >= 4 is 29.2 Å². The number of carboxylic acids is 1. The second-order valence-electron chi connectivity index (χ2n) is 5.05. The number of hydrogen-bond acceptors (Lipinski definition) is 3. The molecule has 0 aromatic heterocycles. The lowest BCUT2D eigenvalue weighted by Gasteiger charge is -2.17. The van der Waals surface area contributed by atoms with Gasteiger partial charge < -0.3 is 16.2 Å². The number of hydrogen-bond donors (Lipinski definition) is 3. The van der Waals surface area contributed by atoms with Gasteiger partial charge in [0.2, 0.25) is 5.91 Å². The van der Waals surface area contributed by atoms with E-state index in [1.54, 1.807) is 0 Å². The lowest BCUT2D eigenvalue weighted by molar-refractivity contribution is -0.120. The van der Waals surface area contributed by atoms with Gasteiger partial charge in [-0.15, -0.1) is 0 Å². The van der Waals surface area contributed by atoms with E-state index >= 15 is 0 Å². The Morgan fingerprint density at radius 2 is 2.05 bits per heavy atom. The van der Waals surface area contributed by atoms with Gasteiger partial charge in [0.1, 0.15) is 0 Å². The standard InChI is InChI=1S/C14H19ClN2O3/c1-8(2)5-9(7-16)13(18)17-10-3-4-11(14(19)20)12(15)6-10/h3-4,6,8-9H,5,7,16H2,1-2H3,(H,17,18)(H,19,20). The monoisotopic (exact) mass is 298 g/mol. The zero-order valence-electron chi connectivity index (χ0n) is 11.5. The summed E-state index contributed by atoms with van der Waals surface area (Å²) >= 11 is 5.85. The second kappa shape index (κ2) is 7.26. The summed E-state index contributed by atoms with van der Waals surface area (Å²) in [7, 11) is 0. The lowest BCUT2D eigenvalue weighted by atomic mass is 9.96. The Morgan fingerprint density at radius 1 is 1.40 bits per heavy atom. The number of aromatic carboxylic acids is 1. The van der Waals surface area contributed by atoms with Crippen molar-refractivity contribution in [2.24, 2.45) is 17.6 Å². The summed E-state index contributed by atoms with van der Waals surface area (Å²) in [5.41, 5.74) is 6.07. The van der Waals surface area contributed by atoms with Crippen LogP contribution in [0.1, 0.15) is 30.6 Å². The minimum atomic E-state index is -1.10. The van der Waals surface area contributed by atoms with Gasteiger partial charge in [0.25, 0.3) is 0 Å². The third kappa shape index (κ3) is 4.51. The molecule has 4 N–H and O–H groups in total. The Hall–Kier alpha value is -1.59. The largest absolute Gasteiger partial charge is 0.478 e. The van der Waals surface area contributed by atoms with Crippen molar-refractivity contribution in [2.45, 2.75) is 20.3 Å². The topological polar surface area (TPSA) is 92.4 Å². The molecule has 5 nitrogen and oxygen atoms in total. The molecule has 0 saturated carbocycles. The van der Waals surface area contributed by atoms with Gasteiger partial charge in [-0.05, 0) is 30.5 Å². The summed E-state index contributed by atoms with van der Waals surface area (Å²) in [6.07, 6.45) is 0.698. The molecule has 1 unspecified atom stereocenters. The van der Waals surface area contributed by atoms with Gasteiger partial charge in [0.05, 0.1) is 16.5 Å². The van der Waals surface area contributed by atoms with Crippen LogP contribution in [0.2, 0.25) is 5.02 Å². The molecule has 1 rings (SSSR count). The van der Waals surface area contributed by atoms with E-state index in [0.29, 0.717) is 18.0 Å². The molecule has 1 amide bonds. The molecule has 0 radical (unpaired) electrons. The maximum atomic E-state index is 12.1. The van der Waals surface area contributed by atoms with E-state index in [1.165, 1.54) is 18.2 Å². The molecule has 0 aliphatic carbocycles. The molecular weight excluding hydrogens is 280 g/mol. The zero-order chi connectivity index (χ0) is 15.3. The normalized spacial score (nSPS) is 12.2. The summed E-state index contributed by atoms with van der Waals surface area (Å²) in [6.45, 7) is 4.31. The second-order valence-corrected chi connectivity index (χ2v) is 5.46. The van der Waals surface area contributed by atoms with Crippen LogP contribution in [0.5, 0.6) is 0 Å². The molecule has 0 aliphatic rings. The van der Waals surface area contributed by atoms with Crippen molar-refractivity contribution in [1.82, 2.24) is 0 Å². The fourth-order valence-electron chi connectivity index (χ4n) is 1.89. The van der Waals surface area contributed by atoms with Crippen LogP contribution in [0.15, 0.2) is 18.2 Å². The molecule has 110 valence electrons. The van der Waals surface area contributed by atoms with Gasteiger partial charge in [0, 0.05) is 12.2 Å². The number of anilines is 1. The molecule has 0 heterocycles. The summed E-state index contributed by atoms with van der Waals surface area (Å²) in [5, 5.41) is 11.7. The van der Waals surface area contributed by atoms with Crippen molar-refractivity contribution in [3.63, 3.8) is 0 Å². The van der Waals surface area contributed by atoms with Gasteiger partial charge in [-0.2, -0.15) is 0 Å². The van der Waals surface area contributed by atoms with Crippen LogP contribution in [0, 0.1) is 11.8 Å². The van der Waals surface area contributed by atoms with E-state index in [0.717, 1.165) is 0 Å². The van der Waals surface area contributed by atoms with Crippen LogP contribution >= 0.6 is 11.6 Å². The first-order valence-electron chi connectivity index (χ1n) is 6.39. The molecule has 1 aromatic carbocycles. The van der Waals surface area contributed by atoms with Crippen molar-refractivity contribution in [3.8, 4) is 0 Å². The average molecular weight is 299 g/mol. The highest BCUT2D eigenvalue weighted by Crippen LogP contribution is 2.22.